The Labute approximate surface area is 196 Å². The Bertz CT molecular complexity index is 1490. The molecule has 1 saturated carbocycles. The van der Waals surface area contributed by atoms with Gasteiger partial charge >= 0.3 is 6.18 Å². The van der Waals surface area contributed by atoms with Crippen molar-refractivity contribution < 1.29 is 27.8 Å². The number of methoxy groups -OCH3 is 1. The van der Waals surface area contributed by atoms with E-state index in [1.807, 2.05) is 0 Å². The van der Waals surface area contributed by atoms with E-state index in [-0.39, 0.29) is 22.7 Å². The molecule has 5 rings (SSSR count). The van der Waals surface area contributed by atoms with E-state index in [0.29, 0.717) is 28.0 Å². The van der Waals surface area contributed by atoms with Gasteiger partial charge in [-0.3, -0.25) is 9.48 Å². The van der Waals surface area contributed by atoms with Crippen LogP contribution in [0, 0.1) is 5.41 Å². The number of fused-ring (bicyclic) bond motifs is 1. The van der Waals surface area contributed by atoms with Crippen molar-refractivity contribution in [2.75, 3.05) is 7.11 Å². The van der Waals surface area contributed by atoms with Gasteiger partial charge in [0.15, 0.2) is 5.41 Å². The number of phenolic OH excluding ortho intramolecular Hbond substituents is 1. The summed E-state index contributed by atoms with van der Waals surface area (Å²) in [4.78, 5) is 24.9. The Morgan fingerprint density at radius 2 is 2.03 bits per heavy atom. The lowest BCUT2D eigenvalue weighted by Crippen LogP contribution is -2.39. The molecule has 4 aromatic rings. The van der Waals surface area contributed by atoms with Gasteiger partial charge in [-0.25, -0.2) is 15.0 Å². The van der Waals surface area contributed by atoms with Gasteiger partial charge in [-0.05, 0) is 18.6 Å². The van der Waals surface area contributed by atoms with E-state index in [4.69, 9.17) is 10.5 Å². The molecule has 0 radical (unpaired) electrons. The summed E-state index contributed by atoms with van der Waals surface area (Å²) >= 11 is 0. The van der Waals surface area contributed by atoms with Crippen LogP contribution in [0.2, 0.25) is 0 Å². The third-order valence-corrected chi connectivity index (χ3v) is 6.26. The molecular formula is C23H19F3N6O3. The van der Waals surface area contributed by atoms with Crippen LogP contribution in [0.25, 0.3) is 33.5 Å². The zero-order valence-corrected chi connectivity index (χ0v) is 18.5. The van der Waals surface area contributed by atoms with E-state index >= 15 is 0 Å². The van der Waals surface area contributed by atoms with Crippen molar-refractivity contribution in [3.63, 3.8) is 0 Å². The van der Waals surface area contributed by atoms with Gasteiger partial charge in [0.25, 0.3) is 0 Å². The molecule has 0 aliphatic heterocycles. The first-order valence-corrected chi connectivity index (χ1v) is 10.5. The molecule has 0 saturated heterocycles. The maximum atomic E-state index is 13.8. The predicted octanol–water partition coefficient (Wildman–Crippen LogP) is 3.33. The summed E-state index contributed by atoms with van der Waals surface area (Å²) < 4.78 is 48.3. The molecule has 1 aliphatic carbocycles. The summed E-state index contributed by atoms with van der Waals surface area (Å²) in [5.41, 5.74) is 4.91. The normalized spacial score (nSPS) is 19.6. The predicted molar refractivity (Wildman–Crippen MR) is 118 cm³/mol. The van der Waals surface area contributed by atoms with Crippen molar-refractivity contribution >= 4 is 16.9 Å². The fourth-order valence-electron chi connectivity index (χ4n) is 4.44. The molecule has 1 aliphatic rings. The number of alkyl halides is 3. The summed E-state index contributed by atoms with van der Waals surface area (Å²) in [7, 11) is 3.01. The largest absolute Gasteiger partial charge is 0.508 e. The Kier molecular flexibility index (Phi) is 4.93. The van der Waals surface area contributed by atoms with Gasteiger partial charge in [0, 0.05) is 36.4 Å². The van der Waals surface area contributed by atoms with Crippen molar-refractivity contribution in [1.82, 2.24) is 24.7 Å². The zero-order chi connectivity index (χ0) is 25.1. The molecule has 3 heterocycles. The molecule has 1 aromatic carbocycles. The lowest BCUT2D eigenvalue weighted by atomic mass is 9.99. The molecule has 9 nitrogen and oxygen atoms in total. The van der Waals surface area contributed by atoms with Crippen LogP contribution >= 0.6 is 0 Å². The molecule has 3 aromatic heterocycles. The van der Waals surface area contributed by atoms with Crippen LogP contribution in [0.15, 0.2) is 42.9 Å². The number of carbonyl (C=O) groups excluding carboxylic acids is 1. The standard InChI is InChI=1S/C23H19F3N6O3/c1-32-9-13(17(31-32)11-4-3-5-12(33)6-11)18-20-15(28-10-29-18)7-16(35-2)19(30-20)14-8-22(14,21(27)34)23(24,25)26/h3-7,9-10,14,33H,8H2,1-2H3,(H2,27,34). The van der Waals surface area contributed by atoms with E-state index in [9.17, 15) is 23.1 Å². The maximum Gasteiger partial charge on any atom is 0.403 e. The van der Waals surface area contributed by atoms with Gasteiger partial charge in [0.1, 0.15) is 34.7 Å². The minimum atomic E-state index is -4.84. The Morgan fingerprint density at radius 3 is 2.66 bits per heavy atom. The van der Waals surface area contributed by atoms with Crippen molar-refractivity contribution in [1.29, 1.82) is 0 Å². The van der Waals surface area contributed by atoms with Crippen LogP contribution in [0.1, 0.15) is 18.0 Å². The number of nitrogens with two attached hydrogens (primary N) is 1. The van der Waals surface area contributed by atoms with Crippen LogP contribution in [0.3, 0.4) is 0 Å². The number of halogens is 3. The third kappa shape index (κ3) is 3.44. The van der Waals surface area contributed by atoms with Gasteiger partial charge in [-0.15, -0.1) is 0 Å². The number of carbonyl (C=O) groups is 1. The highest BCUT2D eigenvalue weighted by atomic mass is 19.4. The fraction of sp³-hybridized carbons (Fsp3) is 0.261. The zero-order valence-electron chi connectivity index (χ0n) is 18.5. The van der Waals surface area contributed by atoms with Crippen molar-refractivity contribution in [2.24, 2.45) is 18.2 Å². The Hall–Kier alpha value is -4.22. The van der Waals surface area contributed by atoms with E-state index < -0.39 is 29.8 Å². The molecular weight excluding hydrogens is 465 g/mol. The van der Waals surface area contributed by atoms with Gasteiger partial charge in [-0.2, -0.15) is 18.3 Å². The highest BCUT2D eigenvalue weighted by Crippen LogP contribution is 2.68. The SMILES string of the molecule is COc1cc2ncnc(-c3cn(C)nc3-c3cccc(O)c3)c2nc1C1CC1(C(N)=O)C(F)(F)F. The number of hydrogen-bond donors (Lipinski definition) is 2. The highest BCUT2D eigenvalue weighted by molar-refractivity contribution is 5.94. The number of benzene rings is 1. The molecule has 12 heteroatoms. The number of aromatic nitrogens is 5. The third-order valence-electron chi connectivity index (χ3n) is 6.26. The van der Waals surface area contributed by atoms with Gasteiger partial charge in [0.2, 0.25) is 5.91 Å². The first kappa shape index (κ1) is 22.6. The second-order valence-corrected chi connectivity index (χ2v) is 8.37. The van der Waals surface area contributed by atoms with E-state index in [2.05, 4.69) is 20.1 Å². The lowest BCUT2D eigenvalue weighted by Gasteiger charge is -2.18. The summed E-state index contributed by atoms with van der Waals surface area (Å²) in [6.07, 6.45) is -2.37. The Morgan fingerprint density at radius 1 is 1.26 bits per heavy atom. The van der Waals surface area contributed by atoms with Crippen LogP contribution in [0.4, 0.5) is 13.2 Å². The molecule has 3 N–H and O–H groups in total. The first-order chi connectivity index (χ1) is 16.6. The summed E-state index contributed by atoms with van der Waals surface area (Å²) in [6.45, 7) is 0. The Balaban J connectivity index is 1.72. The minimum Gasteiger partial charge on any atom is -0.508 e. The quantitative estimate of drug-likeness (QED) is 0.445. The molecule has 2 atom stereocenters. The molecule has 1 fully saturated rings. The second kappa shape index (κ2) is 7.65. The average Bonchev–Trinajstić information content (AvgIpc) is 3.47. The molecule has 2 unspecified atom stereocenters. The van der Waals surface area contributed by atoms with Crippen LogP contribution in [0.5, 0.6) is 11.5 Å². The van der Waals surface area contributed by atoms with Gasteiger partial charge < -0.3 is 15.6 Å². The van der Waals surface area contributed by atoms with Gasteiger partial charge in [0.05, 0.1) is 18.3 Å². The lowest BCUT2D eigenvalue weighted by molar-refractivity contribution is -0.192. The topological polar surface area (TPSA) is 129 Å². The molecule has 1 amide bonds. The van der Waals surface area contributed by atoms with Crippen LogP contribution < -0.4 is 10.5 Å². The number of pyridine rings is 1. The van der Waals surface area contributed by atoms with Crippen molar-refractivity contribution in [2.45, 2.75) is 18.5 Å². The molecule has 35 heavy (non-hydrogen) atoms. The smallest absolute Gasteiger partial charge is 0.403 e. The number of rotatable bonds is 5. The van der Waals surface area contributed by atoms with Crippen molar-refractivity contribution in [3.8, 4) is 34.0 Å². The summed E-state index contributed by atoms with van der Waals surface area (Å²) in [5.74, 6) is -2.65. The molecule has 0 spiro atoms. The number of amides is 1. The molecule has 180 valence electrons. The molecule has 0 bridgehead atoms. The number of phenols is 1. The summed E-state index contributed by atoms with van der Waals surface area (Å²) in [6, 6.07) is 7.94. The van der Waals surface area contributed by atoms with E-state index in [1.54, 1.807) is 30.1 Å². The number of nitrogens with zero attached hydrogens (tertiary/aromatic N) is 5. The summed E-state index contributed by atoms with van der Waals surface area (Å²) in [5, 5.41) is 14.4. The number of hydrogen-bond acceptors (Lipinski definition) is 7. The number of aryl methyl sites for hydroxylation is 1. The number of ether oxygens (including phenoxy) is 1. The van der Waals surface area contributed by atoms with Gasteiger partial charge in [-0.1, -0.05) is 12.1 Å². The maximum absolute atomic E-state index is 13.8. The van der Waals surface area contributed by atoms with Crippen LogP contribution in [-0.4, -0.2) is 49.0 Å². The average molecular weight is 484 g/mol. The monoisotopic (exact) mass is 484 g/mol. The number of aromatic hydroxyl groups is 1. The van der Waals surface area contributed by atoms with E-state index in [1.165, 1.54) is 31.6 Å². The minimum absolute atomic E-state index is 0.0421. The first-order valence-electron chi connectivity index (χ1n) is 10.5. The van der Waals surface area contributed by atoms with Crippen molar-refractivity contribution in [3.05, 3.63) is 48.5 Å². The fourth-order valence-corrected chi connectivity index (χ4v) is 4.44. The van der Waals surface area contributed by atoms with Crippen LogP contribution in [-0.2, 0) is 11.8 Å². The van der Waals surface area contributed by atoms with E-state index in [0.717, 1.165) is 0 Å². The number of primary amides is 1. The second-order valence-electron chi connectivity index (χ2n) is 8.37. The highest BCUT2D eigenvalue weighted by Gasteiger charge is 2.76.